The van der Waals surface area contributed by atoms with Gasteiger partial charge in [-0.05, 0) is 19.1 Å². The summed E-state index contributed by atoms with van der Waals surface area (Å²) in [4.78, 5) is 24.6. The second-order valence-electron chi connectivity index (χ2n) is 5.52. The van der Waals surface area contributed by atoms with E-state index < -0.39 is 24.1 Å². The summed E-state index contributed by atoms with van der Waals surface area (Å²) in [7, 11) is 0. The zero-order valence-electron chi connectivity index (χ0n) is 12.4. The Kier molecular flexibility index (Phi) is 3.59. The summed E-state index contributed by atoms with van der Waals surface area (Å²) in [6.45, 7) is 1.26. The van der Waals surface area contributed by atoms with E-state index in [0.717, 1.165) is 5.69 Å². The average Bonchev–Trinajstić information content (AvgIpc) is 3.12. The molecule has 2 aromatic rings. The van der Waals surface area contributed by atoms with E-state index >= 15 is 0 Å². The molecule has 1 fully saturated rings. The first-order chi connectivity index (χ1) is 10.9. The zero-order valence-corrected chi connectivity index (χ0v) is 12.4. The number of hydrogen-bond acceptors (Lipinski definition) is 4. The van der Waals surface area contributed by atoms with Crippen LogP contribution in [0.3, 0.4) is 0 Å². The number of alkyl halides is 1. The van der Waals surface area contributed by atoms with E-state index in [4.69, 9.17) is 5.11 Å². The highest BCUT2D eigenvalue weighted by molar-refractivity contribution is 5.94. The van der Waals surface area contributed by atoms with Crippen molar-refractivity contribution in [3.8, 4) is 5.69 Å². The second kappa shape index (κ2) is 5.45. The van der Waals surface area contributed by atoms with Gasteiger partial charge in [-0.2, -0.15) is 0 Å². The number of carboxylic acids is 1. The maximum atomic E-state index is 14.1. The Bertz CT molecular complexity index is 761. The highest BCUT2D eigenvalue weighted by atomic mass is 19.1. The maximum absolute atomic E-state index is 14.1. The number of rotatable bonds is 3. The lowest BCUT2D eigenvalue weighted by Crippen LogP contribution is -2.39. The number of halogens is 1. The van der Waals surface area contributed by atoms with Crippen molar-refractivity contribution in [1.82, 2.24) is 19.9 Å². The molecule has 1 saturated heterocycles. The van der Waals surface area contributed by atoms with E-state index in [1.54, 1.807) is 6.92 Å². The SMILES string of the molecule is Cc1c(C(=O)N2CCC(F)(C(=O)O)C2)nnn1-c1ccccc1. The minimum atomic E-state index is -2.39. The van der Waals surface area contributed by atoms with Crippen LogP contribution in [0.5, 0.6) is 0 Å². The van der Waals surface area contributed by atoms with Crippen LogP contribution in [0, 0.1) is 6.92 Å². The molecule has 1 aliphatic rings. The van der Waals surface area contributed by atoms with Gasteiger partial charge >= 0.3 is 5.97 Å². The number of aromatic nitrogens is 3. The smallest absolute Gasteiger partial charge is 0.343 e. The number of para-hydroxylation sites is 1. The topological polar surface area (TPSA) is 88.3 Å². The number of likely N-dealkylation sites (tertiary alicyclic amines) is 1. The Morgan fingerprint density at radius 1 is 1.30 bits per heavy atom. The van der Waals surface area contributed by atoms with Crippen molar-refractivity contribution in [3.63, 3.8) is 0 Å². The van der Waals surface area contributed by atoms with Crippen LogP contribution in [0.25, 0.3) is 5.69 Å². The highest BCUT2D eigenvalue weighted by Crippen LogP contribution is 2.27. The Hall–Kier alpha value is -2.77. The molecule has 3 rings (SSSR count). The molecule has 0 radical (unpaired) electrons. The fourth-order valence-corrected chi connectivity index (χ4v) is 2.61. The first-order valence-electron chi connectivity index (χ1n) is 7.12. The molecule has 1 atom stereocenters. The number of hydrogen-bond donors (Lipinski definition) is 1. The van der Waals surface area contributed by atoms with Crippen molar-refractivity contribution in [3.05, 3.63) is 41.7 Å². The molecule has 120 valence electrons. The average molecular weight is 318 g/mol. The first-order valence-corrected chi connectivity index (χ1v) is 7.12. The van der Waals surface area contributed by atoms with Crippen LogP contribution in [-0.4, -0.2) is 55.6 Å². The standard InChI is InChI=1S/C15H15FN4O3/c1-10-12(17-18-20(10)11-5-3-2-4-6-11)13(21)19-8-7-15(16,9-19)14(22)23/h2-6H,7-9H2,1H3,(H,22,23). The Balaban J connectivity index is 1.85. The minimum Gasteiger partial charge on any atom is -0.479 e. The molecule has 0 bridgehead atoms. The molecule has 1 unspecified atom stereocenters. The molecular weight excluding hydrogens is 303 g/mol. The van der Waals surface area contributed by atoms with E-state index in [0.29, 0.717) is 5.69 Å². The molecule has 1 N–H and O–H groups in total. The molecular formula is C15H15FN4O3. The van der Waals surface area contributed by atoms with Crippen molar-refractivity contribution in [2.24, 2.45) is 0 Å². The monoisotopic (exact) mass is 318 g/mol. The molecule has 1 aliphatic heterocycles. The van der Waals surface area contributed by atoms with Crippen LogP contribution in [0.15, 0.2) is 30.3 Å². The third-order valence-corrected chi connectivity index (χ3v) is 3.99. The minimum absolute atomic E-state index is 0.0409. The van der Waals surface area contributed by atoms with Gasteiger partial charge in [0.1, 0.15) is 0 Å². The van der Waals surface area contributed by atoms with Crippen molar-refractivity contribution >= 4 is 11.9 Å². The van der Waals surface area contributed by atoms with Gasteiger partial charge in [-0.25, -0.2) is 13.9 Å². The lowest BCUT2D eigenvalue weighted by atomic mass is 10.1. The molecule has 2 heterocycles. The van der Waals surface area contributed by atoms with E-state index in [-0.39, 0.29) is 18.7 Å². The van der Waals surface area contributed by atoms with Gasteiger partial charge in [0.25, 0.3) is 5.91 Å². The maximum Gasteiger partial charge on any atom is 0.343 e. The summed E-state index contributed by atoms with van der Waals surface area (Å²) in [5.41, 5.74) is -1.02. The number of nitrogens with zero attached hydrogens (tertiary/aromatic N) is 4. The van der Waals surface area contributed by atoms with Gasteiger partial charge in [-0.15, -0.1) is 5.10 Å². The summed E-state index contributed by atoms with van der Waals surface area (Å²) in [6.07, 6.45) is -0.222. The number of benzene rings is 1. The summed E-state index contributed by atoms with van der Waals surface area (Å²) in [5, 5.41) is 16.7. The van der Waals surface area contributed by atoms with E-state index in [1.165, 1.54) is 9.58 Å². The highest BCUT2D eigenvalue weighted by Gasteiger charge is 2.47. The van der Waals surface area contributed by atoms with Crippen LogP contribution in [0.1, 0.15) is 22.6 Å². The molecule has 23 heavy (non-hydrogen) atoms. The van der Waals surface area contributed by atoms with E-state index in [2.05, 4.69) is 10.3 Å². The predicted octanol–water partition coefficient (Wildman–Crippen LogP) is 1.21. The number of carbonyl (C=O) groups excluding carboxylic acids is 1. The zero-order chi connectivity index (χ0) is 16.6. The summed E-state index contributed by atoms with van der Waals surface area (Å²) < 4.78 is 15.6. The lowest BCUT2D eigenvalue weighted by Gasteiger charge is -2.16. The van der Waals surface area contributed by atoms with Crippen molar-refractivity contribution in [1.29, 1.82) is 0 Å². The van der Waals surface area contributed by atoms with Crippen molar-refractivity contribution < 1.29 is 19.1 Å². The second-order valence-corrected chi connectivity index (χ2v) is 5.52. The van der Waals surface area contributed by atoms with Gasteiger partial charge in [0.15, 0.2) is 5.69 Å². The molecule has 1 amide bonds. The number of amides is 1. The molecule has 0 spiro atoms. The van der Waals surface area contributed by atoms with Crippen LogP contribution >= 0.6 is 0 Å². The van der Waals surface area contributed by atoms with E-state index in [1.807, 2.05) is 30.3 Å². The molecule has 0 aliphatic carbocycles. The van der Waals surface area contributed by atoms with Gasteiger partial charge in [-0.1, -0.05) is 23.4 Å². The summed E-state index contributed by atoms with van der Waals surface area (Å²) in [5.74, 6) is -2.05. The number of carbonyl (C=O) groups is 2. The molecule has 8 heteroatoms. The molecule has 0 saturated carbocycles. The van der Waals surface area contributed by atoms with Crippen LogP contribution in [-0.2, 0) is 4.79 Å². The third kappa shape index (κ3) is 2.56. The quantitative estimate of drug-likeness (QED) is 0.919. The fourth-order valence-electron chi connectivity index (χ4n) is 2.61. The van der Waals surface area contributed by atoms with Gasteiger partial charge in [0.2, 0.25) is 5.67 Å². The summed E-state index contributed by atoms with van der Waals surface area (Å²) >= 11 is 0. The number of carboxylic acid groups (broad SMARTS) is 1. The van der Waals surface area contributed by atoms with Gasteiger partial charge < -0.3 is 10.0 Å². The van der Waals surface area contributed by atoms with Crippen molar-refractivity contribution in [2.75, 3.05) is 13.1 Å². The Labute approximate surface area is 131 Å². The molecule has 1 aromatic carbocycles. The lowest BCUT2D eigenvalue weighted by molar-refractivity contribution is -0.149. The largest absolute Gasteiger partial charge is 0.479 e. The first kappa shape index (κ1) is 15.1. The van der Waals surface area contributed by atoms with Gasteiger partial charge in [0, 0.05) is 13.0 Å². The van der Waals surface area contributed by atoms with Crippen LogP contribution in [0.2, 0.25) is 0 Å². The van der Waals surface area contributed by atoms with E-state index in [9.17, 15) is 14.0 Å². The van der Waals surface area contributed by atoms with Gasteiger partial charge in [0.05, 0.1) is 17.9 Å². The van der Waals surface area contributed by atoms with Crippen molar-refractivity contribution in [2.45, 2.75) is 19.0 Å². The molecule has 7 nitrogen and oxygen atoms in total. The van der Waals surface area contributed by atoms with Gasteiger partial charge in [-0.3, -0.25) is 4.79 Å². The summed E-state index contributed by atoms with van der Waals surface area (Å²) in [6, 6.07) is 9.18. The predicted molar refractivity (Wildman–Crippen MR) is 78.1 cm³/mol. The molecule has 1 aromatic heterocycles. The number of aliphatic carboxylic acids is 1. The normalized spacial score (nSPS) is 20.7. The fraction of sp³-hybridized carbons (Fsp3) is 0.333. The van der Waals surface area contributed by atoms with Crippen LogP contribution in [0.4, 0.5) is 4.39 Å². The third-order valence-electron chi connectivity index (χ3n) is 3.99. The Morgan fingerprint density at radius 2 is 2.00 bits per heavy atom. The Morgan fingerprint density at radius 3 is 2.61 bits per heavy atom. The van der Waals surface area contributed by atoms with Crippen LogP contribution < -0.4 is 0 Å².